The van der Waals surface area contributed by atoms with Gasteiger partial charge in [-0.1, -0.05) is 6.92 Å². The smallest absolute Gasteiger partial charge is 0.194 e. The lowest BCUT2D eigenvalue weighted by Crippen LogP contribution is -2.49. The third-order valence-corrected chi connectivity index (χ3v) is 5.01. The van der Waals surface area contributed by atoms with Gasteiger partial charge in [-0.3, -0.25) is 4.99 Å². The van der Waals surface area contributed by atoms with E-state index >= 15 is 0 Å². The second kappa shape index (κ2) is 8.51. The molecule has 1 aliphatic heterocycles. The lowest BCUT2D eigenvalue weighted by Gasteiger charge is -2.39. The zero-order chi connectivity index (χ0) is 16.8. The van der Waals surface area contributed by atoms with Crippen LogP contribution >= 0.6 is 0 Å². The summed E-state index contributed by atoms with van der Waals surface area (Å²) in [4.78, 5) is 11.4. The summed E-state index contributed by atoms with van der Waals surface area (Å²) in [6, 6.07) is 0.455. The number of aliphatic imine (C=N–C) groups is 1. The first-order chi connectivity index (χ1) is 11.8. The van der Waals surface area contributed by atoms with Crippen LogP contribution in [0.15, 0.2) is 23.7 Å². The fourth-order valence-corrected chi connectivity index (χ4v) is 3.27. The lowest BCUT2D eigenvalue weighted by atomic mass is 9.93. The van der Waals surface area contributed by atoms with Crippen LogP contribution in [-0.4, -0.2) is 59.8 Å². The third-order valence-electron chi connectivity index (χ3n) is 5.01. The highest BCUT2D eigenvalue weighted by molar-refractivity contribution is 5.80. The van der Waals surface area contributed by atoms with Crippen molar-refractivity contribution in [2.45, 2.75) is 39.2 Å². The van der Waals surface area contributed by atoms with Gasteiger partial charge in [0.25, 0.3) is 0 Å². The Morgan fingerprint density at radius 2 is 2.25 bits per heavy atom. The summed E-state index contributed by atoms with van der Waals surface area (Å²) in [5.74, 6) is 2.49. The molecule has 1 aromatic heterocycles. The van der Waals surface area contributed by atoms with Crippen LogP contribution in [0.3, 0.4) is 0 Å². The van der Waals surface area contributed by atoms with Crippen molar-refractivity contribution in [2.24, 2.45) is 16.8 Å². The summed E-state index contributed by atoms with van der Waals surface area (Å²) in [5.41, 5.74) is 0. The molecule has 2 atom stereocenters. The monoisotopic (exact) mass is 333 g/mol. The highest BCUT2D eigenvalue weighted by Gasteiger charge is 2.28. The summed E-state index contributed by atoms with van der Waals surface area (Å²) in [6.45, 7) is 9.75. The Balaban J connectivity index is 1.55. The third kappa shape index (κ3) is 4.72. The lowest BCUT2D eigenvalue weighted by molar-refractivity contribution is 0.131. The molecule has 6 nitrogen and oxygen atoms in total. The molecular formula is C18H31N5O. The molecule has 2 unspecified atom stereocenters. The molecule has 6 heteroatoms. The molecule has 1 N–H and O–H groups in total. The molecule has 0 amide bonds. The van der Waals surface area contributed by atoms with Crippen LogP contribution < -0.4 is 5.32 Å². The molecule has 2 aliphatic rings. The van der Waals surface area contributed by atoms with E-state index in [1.165, 1.54) is 19.3 Å². The van der Waals surface area contributed by atoms with Gasteiger partial charge >= 0.3 is 0 Å². The van der Waals surface area contributed by atoms with Gasteiger partial charge < -0.3 is 19.5 Å². The Morgan fingerprint density at radius 1 is 1.38 bits per heavy atom. The molecular weight excluding hydrogens is 302 g/mol. The van der Waals surface area contributed by atoms with E-state index in [1.807, 2.05) is 12.5 Å². The van der Waals surface area contributed by atoms with Crippen LogP contribution in [-0.2, 0) is 4.74 Å². The first-order valence-electron chi connectivity index (χ1n) is 9.36. The van der Waals surface area contributed by atoms with Gasteiger partial charge in [0.15, 0.2) is 5.96 Å². The minimum absolute atomic E-state index is 0.455. The standard InChI is InChI=1S/C18H31N5O/c1-3-20-18(21-8-11-24-13-16-4-5-16)22-9-6-15(2)17(12-22)23-10-7-19-14-23/h7,10,14-17H,3-6,8-9,11-13H2,1-2H3,(H,20,21). The molecule has 0 spiro atoms. The van der Waals surface area contributed by atoms with Crippen LogP contribution in [0.1, 0.15) is 39.2 Å². The molecule has 1 aliphatic carbocycles. The maximum atomic E-state index is 5.70. The summed E-state index contributed by atoms with van der Waals surface area (Å²) in [5, 5.41) is 3.44. The Hall–Kier alpha value is -1.56. The average Bonchev–Trinajstić information content (AvgIpc) is 3.25. The number of hydrogen-bond donors (Lipinski definition) is 1. The van der Waals surface area contributed by atoms with Crippen molar-refractivity contribution in [1.82, 2.24) is 19.8 Å². The highest BCUT2D eigenvalue weighted by atomic mass is 16.5. The predicted molar refractivity (Wildman–Crippen MR) is 96.1 cm³/mol. The van der Waals surface area contributed by atoms with E-state index in [1.54, 1.807) is 0 Å². The quantitative estimate of drug-likeness (QED) is 0.472. The number of aromatic nitrogens is 2. The maximum absolute atomic E-state index is 5.70. The molecule has 1 saturated heterocycles. The largest absolute Gasteiger partial charge is 0.379 e. The molecule has 134 valence electrons. The van der Waals surface area contributed by atoms with E-state index in [9.17, 15) is 0 Å². The van der Waals surface area contributed by atoms with E-state index in [4.69, 9.17) is 9.73 Å². The Labute approximate surface area is 145 Å². The number of piperidine rings is 1. The topological polar surface area (TPSA) is 54.7 Å². The summed E-state index contributed by atoms with van der Waals surface area (Å²) < 4.78 is 7.94. The van der Waals surface area contributed by atoms with Crippen LogP contribution in [0, 0.1) is 11.8 Å². The Bertz CT molecular complexity index is 511. The summed E-state index contributed by atoms with van der Waals surface area (Å²) in [6.07, 6.45) is 9.72. The van der Waals surface area contributed by atoms with E-state index in [-0.39, 0.29) is 0 Å². The number of rotatable bonds is 7. The predicted octanol–water partition coefficient (Wildman–Crippen LogP) is 2.16. The van der Waals surface area contributed by atoms with Gasteiger partial charge in [0.1, 0.15) is 0 Å². The number of ether oxygens (including phenoxy) is 1. The SMILES string of the molecule is CCNC(=NCCOCC1CC1)N1CCC(C)C(n2ccnc2)C1. The average molecular weight is 333 g/mol. The molecule has 2 heterocycles. The van der Waals surface area contributed by atoms with Crippen molar-refractivity contribution in [3.63, 3.8) is 0 Å². The minimum Gasteiger partial charge on any atom is -0.379 e. The zero-order valence-electron chi connectivity index (χ0n) is 15.0. The Kier molecular flexibility index (Phi) is 6.12. The van der Waals surface area contributed by atoms with Crippen molar-refractivity contribution in [2.75, 3.05) is 39.4 Å². The van der Waals surface area contributed by atoms with Gasteiger partial charge in [-0.2, -0.15) is 0 Å². The number of likely N-dealkylation sites (tertiary alicyclic amines) is 1. The van der Waals surface area contributed by atoms with Crippen molar-refractivity contribution in [3.05, 3.63) is 18.7 Å². The fourth-order valence-electron chi connectivity index (χ4n) is 3.27. The number of guanidine groups is 1. The first kappa shape index (κ1) is 17.3. The molecule has 2 fully saturated rings. The number of hydrogen-bond acceptors (Lipinski definition) is 3. The maximum Gasteiger partial charge on any atom is 0.194 e. The first-order valence-corrected chi connectivity index (χ1v) is 9.36. The van der Waals surface area contributed by atoms with Gasteiger partial charge in [-0.15, -0.1) is 0 Å². The fraction of sp³-hybridized carbons (Fsp3) is 0.778. The van der Waals surface area contributed by atoms with E-state index in [0.29, 0.717) is 12.0 Å². The van der Waals surface area contributed by atoms with Crippen molar-refractivity contribution < 1.29 is 4.74 Å². The van der Waals surface area contributed by atoms with Crippen LogP contribution in [0.4, 0.5) is 0 Å². The van der Waals surface area contributed by atoms with Gasteiger partial charge in [-0.25, -0.2) is 4.98 Å². The van der Waals surface area contributed by atoms with E-state index in [2.05, 4.69) is 39.8 Å². The number of nitrogens with zero attached hydrogens (tertiary/aromatic N) is 4. The van der Waals surface area contributed by atoms with Crippen LogP contribution in [0.25, 0.3) is 0 Å². The second-order valence-electron chi connectivity index (χ2n) is 7.04. The molecule has 0 aromatic carbocycles. The molecule has 0 bridgehead atoms. The van der Waals surface area contributed by atoms with E-state index < -0.39 is 0 Å². The van der Waals surface area contributed by atoms with E-state index in [0.717, 1.165) is 51.3 Å². The molecule has 1 aromatic rings. The molecule has 3 rings (SSSR count). The normalized spacial score (nSPS) is 25.1. The zero-order valence-corrected chi connectivity index (χ0v) is 15.0. The van der Waals surface area contributed by atoms with Gasteiger partial charge in [0.2, 0.25) is 0 Å². The van der Waals surface area contributed by atoms with Crippen molar-refractivity contribution in [3.8, 4) is 0 Å². The number of imidazole rings is 1. The number of nitrogens with one attached hydrogen (secondary N) is 1. The van der Waals surface area contributed by atoms with Crippen molar-refractivity contribution in [1.29, 1.82) is 0 Å². The molecule has 0 radical (unpaired) electrons. The minimum atomic E-state index is 0.455. The summed E-state index contributed by atoms with van der Waals surface area (Å²) >= 11 is 0. The molecule has 1 saturated carbocycles. The van der Waals surface area contributed by atoms with Gasteiger partial charge in [0, 0.05) is 38.6 Å². The van der Waals surface area contributed by atoms with Gasteiger partial charge in [-0.05, 0) is 38.0 Å². The van der Waals surface area contributed by atoms with Crippen LogP contribution in [0.5, 0.6) is 0 Å². The van der Waals surface area contributed by atoms with Crippen LogP contribution in [0.2, 0.25) is 0 Å². The second-order valence-corrected chi connectivity index (χ2v) is 7.04. The molecule has 24 heavy (non-hydrogen) atoms. The van der Waals surface area contributed by atoms with Crippen molar-refractivity contribution >= 4 is 5.96 Å². The highest BCUT2D eigenvalue weighted by Crippen LogP contribution is 2.29. The Morgan fingerprint density at radius 3 is 2.96 bits per heavy atom. The summed E-state index contributed by atoms with van der Waals surface area (Å²) in [7, 11) is 0. The van der Waals surface area contributed by atoms with Gasteiger partial charge in [0.05, 0.1) is 25.5 Å².